The lowest BCUT2D eigenvalue weighted by Gasteiger charge is -2.36. The first-order valence-electron chi connectivity index (χ1n) is 6.40. The van der Waals surface area contributed by atoms with Gasteiger partial charge >= 0.3 is 0 Å². The number of benzene rings is 1. The SMILES string of the molecule is COc1ccc(Br)c(NC2CCN(C)C(C)C2)c1. The second kappa shape index (κ2) is 5.93. The lowest BCUT2D eigenvalue weighted by atomic mass is 9.98. The molecular formula is C14H21BrN2O. The molecule has 100 valence electrons. The Morgan fingerprint density at radius 3 is 2.89 bits per heavy atom. The first-order valence-corrected chi connectivity index (χ1v) is 7.19. The summed E-state index contributed by atoms with van der Waals surface area (Å²) in [5, 5.41) is 3.62. The number of hydrogen-bond acceptors (Lipinski definition) is 3. The van der Waals surface area contributed by atoms with E-state index in [1.165, 1.54) is 12.8 Å². The fourth-order valence-electron chi connectivity index (χ4n) is 2.38. The van der Waals surface area contributed by atoms with Gasteiger partial charge in [0.2, 0.25) is 0 Å². The molecule has 4 heteroatoms. The molecule has 0 saturated carbocycles. The van der Waals surface area contributed by atoms with Crippen molar-refractivity contribution in [3.05, 3.63) is 22.7 Å². The molecule has 2 rings (SSSR count). The summed E-state index contributed by atoms with van der Waals surface area (Å²) in [7, 11) is 3.90. The van der Waals surface area contributed by atoms with Gasteiger partial charge in [0.05, 0.1) is 12.8 Å². The van der Waals surface area contributed by atoms with Gasteiger partial charge in [0, 0.05) is 29.2 Å². The van der Waals surface area contributed by atoms with Crippen LogP contribution in [0.2, 0.25) is 0 Å². The van der Waals surface area contributed by atoms with Gasteiger partial charge < -0.3 is 15.0 Å². The Morgan fingerprint density at radius 1 is 1.44 bits per heavy atom. The van der Waals surface area contributed by atoms with E-state index < -0.39 is 0 Å². The number of nitrogens with zero attached hydrogens (tertiary/aromatic N) is 1. The Morgan fingerprint density at radius 2 is 2.22 bits per heavy atom. The van der Waals surface area contributed by atoms with Crippen LogP contribution in [0.25, 0.3) is 0 Å². The smallest absolute Gasteiger partial charge is 0.121 e. The lowest BCUT2D eigenvalue weighted by molar-refractivity contribution is 0.190. The molecule has 1 heterocycles. The fraction of sp³-hybridized carbons (Fsp3) is 0.571. The highest BCUT2D eigenvalue weighted by Gasteiger charge is 2.22. The van der Waals surface area contributed by atoms with Gasteiger partial charge in [-0.3, -0.25) is 0 Å². The maximum atomic E-state index is 5.27. The molecule has 1 fully saturated rings. The molecule has 1 aromatic carbocycles. The standard InChI is InChI=1S/C14H21BrN2O/c1-10-8-11(6-7-17(10)2)16-14-9-12(18-3)4-5-13(14)15/h4-5,9-11,16H,6-8H2,1-3H3. The molecule has 2 unspecified atom stereocenters. The molecule has 2 atom stereocenters. The van der Waals surface area contributed by atoms with Crippen LogP contribution < -0.4 is 10.1 Å². The Labute approximate surface area is 118 Å². The number of anilines is 1. The van der Waals surface area contributed by atoms with E-state index in [1.54, 1.807) is 7.11 Å². The number of piperidine rings is 1. The van der Waals surface area contributed by atoms with E-state index in [2.05, 4.69) is 40.1 Å². The van der Waals surface area contributed by atoms with Gasteiger partial charge in [-0.2, -0.15) is 0 Å². The van der Waals surface area contributed by atoms with Crippen molar-refractivity contribution in [3.63, 3.8) is 0 Å². The monoisotopic (exact) mass is 312 g/mol. The molecule has 1 aromatic rings. The highest BCUT2D eigenvalue weighted by Crippen LogP contribution is 2.29. The highest BCUT2D eigenvalue weighted by molar-refractivity contribution is 9.10. The van der Waals surface area contributed by atoms with Crippen LogP contribution in [-0.4, -0.2) is 37.7 Å². The molecule has 3 nitrogen and oxygen atoms in total. The van der Waals surface area contributed by atoms with Crippen LogP contribution in [0.15, 0.2) is 22.7 Å². The number of halogens is 1. The third kappa shape index (κ3) is 3.18. The van der Waals surface area contributed by atoms with E-state index in [9.17, 15) is 0 Å². The predicted molar refractivity (Wildman–Crippen MR) is 79.4 cm³/mol. The molecule has 0 spiro atoms. The first kappa shape index (κ1) is 13.7. The zero-order valence-corrected chi connectivity index (χ0v) is 12.8. The van der Waals surface area contributed by atoms with Gasteiger partial charge in [0.15, 0.2) is 0 Å². The predicted octanol–water partition coefficient (Wildman–Crippen LogP) is 3.35. The lowest BCUT2D eigenvalue weighted by Crippen LogP contribution is -2.42. The number of likely N-dealkylation sites (tertiary alicyclic amines) is 1. The Hall–Kier alpha value is -0.740. The minimum Gasteiger partial charge on any atom is -0.497 e. The number of methoxy groups -OCH3 is 1. The van der Waals surface area contributed by atoms with Crippen LogP contribution in [0.3, 0.4) is 0 Å². The van der Waals surface area contributed by atoms with Crippen molar-refractivity contribution in [2.75, 3.05) is 26.0 Å². The summed E-state index contributed by atoms with van der Waals surface area (Å²) in [6.07, 6.45) is 2.37. The van der Waals surface area contributed by atoms with Gasteiger partial charge in [-0.25, -0.2) is 0 Å². The van der Waals surface area contributed by atoms with Gasteiger partial charge in [-0.1, -0.05) is 0 Å². The molecule has 1 aliphatic rings. The Balaban J connectivity index is 2.05. The molecule has 0 aliphatic carbocycles. The van der Waals surface area contributed by atoms with E-state index >= 15 is 0 Å². The zero-order valence-electron chi connectivity index (χ0n) is 11.2. The van der Waals surface area contributed by atoms with Gasteiger partial charge in [0.1, 0.15) is 5.75 Å². The van der Waals surface area contributed by atoms with Gasteiger partial charge in [-0.05, 0) is 54.9 Å². The number of hydrogen-bond donors (Lipinski definition) is 1. The highest BCUT2D eigenvalue weighted by atomic mass is 79.9. The van der Waals surface area contributed by atoms with E-state index in [0.29, 0.717) is 12.1 Å². The van der Waals surface area contributed by atoms with Crippen molar-refractivity contribution in [1.82, 2.24) is 4.90 Å². The number of ether oxygens (including phenoxy) is 1. The minimum atomic E-state index is 0.541. The van der Waals surface area contributed by atoms with Crippen molar-refractivity contribution in [1.29, 1.82) is 0 Å². The van der Waals surface area contributed by atoms with Gasteiger partial charge in [0.25, 0.3) is 0 Å². The largest absolute Gasteiger partial charge is 0.497 e. The van der Waals surface area contributed by atoms with E-state index in [4.69, 9.17) is 4.74 Å². The molecular weight excluding hydrogens is 292 g/mol. The van der Waals surface area contributed by atoms with Crippen LogP contribution in [0, 0.1) is 0 Å². The molecule has 0 bridgehead atoms. The van der Waals surface area contributed by atoms with Crippen molar-refractivity contribution in [2.45, 2.75) is 31.8 Å². The summed E-state index contributed by atoms with van der Waals surface area (Å²) in [4.78, 5) is 2.42. The second-order valence-electron chi connectivity index (χ2n) is 5.04. The normalized spacial score (nSPS) is 24.9. The molecule has 18 heavy (non-hydrogen) atoms. The van der Waals surface area contributed by atoms with Crippen LogP contribution in [0.4, 0.5) is 5.69 Å². The maximum absolute atomic E-state index is 5.27. The Kier molecular flexibility index (Phi) is 4.51. The molecule has 1 aliphatic heterocycles. The van der Waals surface area contributed by atoms with E-state index in [1.807, 2.05) is 18.2 Å². The fourth-order valence-corrected chi connectivity index (χ4v) is 2.74. The van der Waals surface area contributed by atoms with Crippen molar-refractivity contribution < 1.29 is 4.74 Å². The summed E-state index contributed by atoms with van der Waals surface area (Å²) in [5.41, 5.74) is 1.12. The average Bonchev–Trinajstić information content (AvgIpc) is 2.36. The first-order chi connectivity index (χ1) is 8.60. The van der Waals surface area contributed by atoms with E-state index in [-0.39, 0.29) is 0 Å². The third-order valence-electron chi connectivity index (χ3n) is 3.74. The maximum Gasteiger partial charge on any atom is 0.121 e. The summed E-state index contributed by atoms with van der Waals surface area (Å²) in [5.74, 6) is 0.890. The quantitative estimate of drug-likeness (QED) is 0.926. The van der Waals surface area contributed by atoms with E-state index in [0.717, 1.165) is 22.5 Å². The van der Waals surface area contributed by atoms with Crippen molar-refractivity contribution in [2.24, 2.45) is 0 Å². The summed E-state index contributed by atoms with van der Waals surface area (Å²) in [6.45, 7) is 3.44. The van der Waals surface area contributed by atoms with Crippen LogP contribution >= 0.6 is 15.9 Å². The molecule has 0 radical (unpaired) electrons. The van der Waals surface area contributed by atoms with Crippen LogP contribution in [0.1, 0.15) is 19.8 Å². The average molecular weight is 313 g/mol. The zero-order chi connectivity index (χ0) is 13.1. The molecule has 1 saturated heterocycles. The molecule has 1 N–H and O–H groups in total. The summed E-state index contributed by atoms with van der Waals surface area (Å²) in [6, 6.07) is 7.22. The van der Waals surface area contributed by atoms with Crippen LogP contribution in [-0.2, 0) is 0 Å². The minimum absolute atomic E-state index is 0.541. The number of nitrogens with one attached hydrogen (secondary N) is 1. The van der Waals surface area contributed by atoms with Gasteiger partial charge in [-0.15, -0.1) is 0 Å². The third-order valence-corrected chi connectivity index (χ3v) is 4.43. The summed E-state index contributed by atoms with van der Waals surface area (Å²) < 4.78 is 6.36. The van der Waals surface area contributed by atoms with Crippen molar-refractivity contribution in [3.8, 4) is 5.75 Å². The molecule has 0 aromatic heterocycles. The number of rotatable bonds is 3. The summed E-state index contributed by atoms with van der Waals surface area (Å²) >= 11 is 3.58. The van der Waals surface area contributed by atoms with Crippen molar-refractivity contribution >= 4 is 21.6 Å². The topological polar surface area (TPSA) is 24.5 Å². The molecule has 0 amide bonds. The Bertz CT molecular complexity index is 411. The second-order valence-corrected chi connectivity index (χ2v) is 5.90. The van der Waals surface area contributed by atoms with Crippen LogP contribution in [0.5, 0.6) is 5.75 Å².